The van der Waals surface area contributed by atoms with Gasteiger partial charge in [-0.2, -0.15) is 0 Å². The van der Waals surface area contributed by atoms with Crippen LogP contribution in [0.2, 0.25) is 0 Å². The molecular weight excluding hydrogens is 250 g/mol. The zero-order valence-electron chi connectivity index (χ0n) is 12.8. The van der Waals surface area contributed by atoms with Crippen molar-refractivity contribution in [3.8, 4) is 0 Å². The number of likely N-dealkylation sites (tertiary alicyclic amines) is 1. The van der Waals surface area contributed by atoms with Gasteiger partial charge in [-0.1, -0.05) is 0 Å². The molecule has 0 bridgehead atoms. The van der Waals surface area contributed by atoms with Crippen LogP contribution >= 0.6 is 0 Å². The molecule has 0 radical (unpaired) electrons. The molecule has 3 rings (SSSR count). The summed E-state index contributed by atoms with van der Waals surface area (Å²) in [6.45, 7) is 10.8. The van der Waals surface area contributed by atoms with Crippen LogP contribution in [-0.2, 0) is 13.1 Å². The number of fused-ring (bicyclic) bond motifs is 1. The summed E-state index contributed by atoms with van der Waals surface area (Å²) >= 11 is 0. The Kier molecular flexibility index (Phi) is 3.84. The Balaban J connectivity index is 1.71. The third kappa shape index (κ3) is 2.38. The zero-order chi connectivity index (χ0) is 14.2. The fourth-order valence-electron chi connectivity index (χ4n) is 3.68. The summed E-state index contributed by atoms with van der Waals surface area (Å²) in [4.78, 5) is 9.64. The lowest BCUT2D eigenvalue weighted by Gasteiger charge is -2.50. The van der Waals surface area contributed by atoms with Crippen LogP contribution < -0.4 is 5.73 Å². The molecule has 1 fully saturated rings. The van der Waals surface area contributed by atoms with Gasteiger partial charge in [-0.05, 0) is 26.7 Å². The van der Waals surface area contributed by atoms with E-state index in [0.717, 1.165) is 26.2 Å². The average molecular weight is 277 g/mol. The lowest BCUT2D eigenvalue weighted by Crippen LogP contribution is -2.61. The van der Waals surface area contributed by atoms with Crippen molar-refractivity contribution in [1.82, 2.24) is 19.4 Å². The highest BCUT2D eigenvalue weighted by molar-refractivity contribution is 5.03. The highest BCUT2D eigenvalue weighted by Gasteiger charge is 2.40. The molecule has 2 N–H and O–H groups in total. The molecule has 0 atom stereocenters. The molecule has 0 saturated carbocycles. The number of piperidine rings is 1. The fraction of sp³-hybridized carbons (Fsp3) is 0.800. The molecule has 0 aromatic carbocycles. The standard InChI is InChI=1S/C15H27N5/c1-13(2)18-6-3-15(12-16,4-7-18)20-10-9-19-8-5-17-14(19)11-20/h5,8,13H,3-4,6-7,9-12,16H2,1-2H3. The molecule has 0 aliphatic carbocycles. The molecule has 2 aliphatic heterocycles. The Hall–Kier alpha value is -0.910. The molecule has 0 amide bonds. The lowest BCUT2D eigenvalue weighted by molar-refractivity contribution is 0.000536. The van der Waals surface area contributed by atoms with Gasteiger partial charge in [0.05, 0.1) is 6.54 Å². The highest BCUT2D eigenvalue weighted by Crippen LogP contribution is 2.31. The van der Waals surface area contributed by atoms with Crippen LogP contribution in [0.5, 0.6) is 0 Å². The number of nitrogens with zero attached hydrogens (tertiary/aromatic N) is 4. The molecule has 0 unspecified atom stereocenters. The highest BCUT2D eigenvalue weighted by atomic mass is 15.3. The van der Waals surface area contributed by atoms with Gasteiger partial charge < -0.3 is 15.2 Å². The number of rotatable bonds is 3. The van der Waals surface area contributed by atoms with E-state index in [1.54, 1.807) is 0 Å². The Morgan fingerprint density at radius 2 is 2.00 bits per heavy atom. The molecule has 3 heterocycles. The van der Waals surface area contributed by atoms with Crippen molar-refractivity contribution in [3.63, 3.8) is 0 Å². The fourth-order valence-corrected chi connectivity index (χ4v) is 3.68. The van der Waals surface area contributed by atoms with Crippen LogP contribution in [0, 0.1) is 0 Å². The molecular formula is C15H27N5. The van der Waals surface area contributed by atoms with Gasteiger partial charge in [-0.25, -0.2) is 4.98 Å². The maximum absolute atomic E-state index is 6.20. The normalized spacial score (nSPS) is 24.0. The predicted molar refractivity (Wildman–Crippen MR) is 80.4 cm³/mol. The number of hydrogen-bond acceptors (Lipinski definition) is 4. The van der Waals surface area contributed by atoms with Gasteiger partial charge in [0.25, 0.3) is 0 Å². The Morgan fingerprint density at radius 1 is 1.25 bits per heavy atom. The Bertz CT molecular complexity index is 445. The van der Waals surface area contributed by atoms with Gasteiger partial charge >= 0.3 is 0 Å². The topological polar surface area (TPSA) is 50.3 Å². The molecule has 1 aromatic rings. The molecule has 112 valence electrons. The first-order chi connectivity index (χ1) is 9.64. The molecule has 5 heteroatoms. The van der Waals surface area contributed by atoms with Gasteiger partial charge in [0.15, 0.2) is 0 Å². The summed E-state index contributed by atoms with van der Waals surface area (Å²) in [6, 6.07) is 0.644. The van der Waals surface area contributed by atoms with E-state index in [0.29, 0.717) is 6.04 Å². The van der Waals surface area contributed by atoms with Crippen molar-refractivity contribution >= 4 is 0 Å². The SMILES string of the molecule is CC(C)N1CCC(CN)(N2CCn3ccnc3C2)CC1. The second-order valence-electron chi connectivity index (χ2n) is 6.52. The van der Waals surface area contributed by atoms with Crippen molar-refractivity contribution in [2.45, 2.75) is 51.4 Å². The molecule has 5 nitrogen and oxygen atoms in total. The van der Waals surface area contributed by atoms with Crippen LogP contribution in [0.4, 0.5) is 0 Å². The van der Waals surface area contributed by atoms with Gasteiger partial charge in [-0.3, -0.25) is 4.90 Å². The third-order valence-electron chi connectivity index (χ3n) is 5.25. The number of nitrogens with two attached hydrogens (primary N) is 1. The van der Waals surface area contributed by atoms with Gasteiger partial charge in [-0.15, -0.1) is 0 Å². The lowest BCUT2D eigenvalue weighted by atomic mass is 9.84. The average Bonchev–Trinajstić information content (AvgIpc) is 2.94. The van der Waals surface area contributed by atoms with Crippen LogP contribution in [0.15, 0.2) is 12.4 Å². The van der Waals surface area contributed by atoms with Crippen LogP contribution in [0.1, 0.15) is 32.5 Å². The van der Waals surface area contributed by atoms with Gasteiger partial charge in [0, 0.05) is 56.7 Å². The van der Waals surface area contributed by atoms with Crippen molar-refractivity contribution in [3.05, 3.63) is 18.2 Å². The minimum absolute atomic E-state index is 0.183. The minimum atomic E-state index is 0.183. The first-order valence-electron chi connectivity index (χ1n) is 7.84. The molecule has 1 aromatic heterocycles. The summed E-state index contributed by atoms with van der Waals surface area (Å²) in [5, 5.41) is 0. The number of imidazole rings is 1. The van der Waals surface area contributed by atoms with Crippen molar-refractivity contribution < 1.29 is 0 Å². The maximum atomic E-state index is 6.20. The summed E-state index contributed by atoms with van der Waals surface area (Å²) in [6.07, 6.45) is 6.36. The smallest absolute Gasteiger partial charge is 0.122 e. The zero-order valence-corrected chi connectivity index (χ0v) is 12.8. The first-order valence-corrected chi connectivity index (χ1v) is 7.84. The van der Waals surface area contributed by atoms with E-state index in [2.05, 4.69) is 39.4 Å². The quantitative estimate of drug-likeness (QED) is 0.892. The Labute approximate surface area is 121 Å². The van der Waals surface area contributed by atoms with Crippen molar-refractivity contribution in [2.75, 3.05) is 26.2 Å². The van der Waals surface area contributed by atoms with E-state index < -0.39 is 0 Å². The molecule has 0 spiro atoms. The van der Waals surface area contributed by atoms with Crippen LogP contribution in [0.3, 0.4) is 0 Å². The number of aromatic nitrogens is 2. The van der Waals surface area contributed by atoms with E-state index in [4.69, 9.17) is 5.73 Å². The largest absolute Gasteiger partial charge is 0.333 e. The maximum Gasteiger partial charge on any atom is 0.122 e. The summed E-state index contributed by atoms with van der Waals surface area (Å²) < 4.78 is 2.27. The second-order valence-corrected chi connectivity index (χ2v) is 6.52. The minimum Gasteiger partial charge on any atom is -0.333 e. The van der Waals surface area contributed by atoms with Crippen molar-refractivity contribution in [2.24, 2.45) is 5.73 Å². The Morgan fingerprint density at radius 3 is 2.65 bits per heavy atom. The van der Waals surface area contributed by atoms with E-state index >= 15 is 0 Å². The van der Waals surface area contributed by atoms with E-state index in [-0.39, 0.29) is 5.54 Å². The monoisotopic (exact) mass is 277 g/mol. The predicted octanol–water partition coefficient (Wildman–Crippen LogP) is 0.900. The van der Waals surface area contributed by atoms with Gasteiger partial charge in [0.2, 0.25) is 0 Å². The van der Waals surface area contributed by atoms with Gasteiger partial charge in [0.1, 0.15) is 5.82 Å². The molecule has 1 saturated heterocycles. The summed E-state index contributed by atoms with van der Waals surface area (Å²) in [5.74, 6) is 1.19. The van der Waals surface area contributed by atoms with Crippen LogP contribution in [0.25, 0.3) is 0 Å². The number of hydrogen-bond donors (Lipinski definition) is 1. The second kappa shape index (κ2) is 5.47. The van der Waals surface area contributed by atoms with Crippen LogP contribution in [-0.4, -0.2) is 57.1 Å². The van der Waals surface area contributed by atoms with E-state index in [1.807, 2.05) is 6.20 Å². The summed E-state index contributed by atoms with van der Waals surface area (Å²) in [7, 11) is 0. The van der Waals surface area contributed by atoms with Crippen molar-refractivity contribution in [1.29, 1.82) is 0 Å². The molecule has 2 aliphatic rings. The van der Waals surface area contributed by atoms with E-state index in [1.165, 1.54) is 31.8 Å². The van der Waals surface area contributed by atoms with E-state index in [9.17, 15) is 0 Å². The summed E-state index contributed by atoms with van der Waals surface area (Å²) in [5.41, 5.74) is 6.38. The third-order valence-corrected chi connectivity index (χ3v) is 5.25. The molecule has 20 heavy (non-hydrogen) atoms. The first kappa shape index (κ1) is 14.0.